The van der Waals surface area contributed by atoms with E-state index in [1.807, 2.05) is 0 Å². The Morgan fingerprint density at radius 2 is 0.968 bits per heavy atom. The molecule has 0 radical (unpaired) electrons. The van der Waals surface area contributed by atoms with E-state index < -0.39 is 47.3 Å². The zero-order valence-corrected chi connectivity index (χ0v) is 37.9. The summed E-state index contributed by atoms with van der Waals surface area (Å²) in [4.78, 5) is 78.1. The summed E-state index contributed by atoms with van der Waals surface area (Å²) in [6.45, 7) is 2.30. The minimum absolute atomic E-state index is 0.0586. The molecule has 0 saturated carbocycles. The van der Waals surface area contributed by atoms with Crippen LogP contribution < -0.4 is 21.3 Å². The number of benzene rings is 5. The SMILES string of the molecule is CC(=O)C(N=Nc1cc(Cl)cc(C(=O)Nc2c(Cl)cccc2Cl)c1)C(=O)Nc1ccc(NC(=O)C(N=Nc2cc(Cl)cc(C(=O)Nc3c(Cl)cccc3Cl)c2)C(C)=O)c(CCCl)c1. The summed E-state index contributed by atoms with van der Waals surface area (Å²) in [6, 6.07) is 18.7. The van der Waals surface area contributed by atoms with Crippen LogP contribution in [0.25, 0.3) is 0 Å². The number of carbonyl (C=O) groups is 6. The molecule has 0 heterocycles. The Morgan fingerprint density at radius 1 is 0.540 bits per heavy atom. The second-order valence-electron chi connectivity index (χ2n) is 13.2. The Hall–Kier alpha value is -5.45. The first kappa shape index (κ1) is 48.6. The fourth-order valence-corrected chi connectivity index (χ4v) is 7.18. The Labute approximate surface area is 394 Å². The molecule has 5 rings (SSSR count). The molecule has 2 unspecified atom stereocenters. The minimum Gasteiger partial charge on any atom is -0.324 e. The van der Waals surface area contributed by atoms with E-state index >= 15 is 0 Å². The third-order valence-electron chi connectivity index (χ3n) is 8.53. The zero-order valence-electron chi connectivity index (χ0n) is 32.6. The van der Waals surface area contributed by atoms with Crippen molar-refractivity contribution in [1.82, 2.24) is 0 Å². The number of nitrogens with zero attached hydrogens (tertiary/aromatic N) is 4. The summed E-state index contributed by atoms with van der Waals surface area (Å²) in [5, 5.41) is 27.5. The molecule has 21 heteroatoms. The third kappa shape index (κ3) is 13.3. The van der Waals surface area contributed by atoms with E-state index in [2.05, 4.69) is 41.7 Å². The third-order valence-corrected chi connectivity index (χ3v) is 10.4. The number of halogens is 7. The van der Waals surface area contributed by atoms with E-state index in [0.717, 1.165) is 13.8 Å². The van der Waals surface area contributed by atoms with E-state index in [4.69, 9.17) is 81.2 Å². The van der Waals surface area contributed by atoms with Crippen molar-refractivity contribution in [1.29, 1.82) is 0 Å². The van der Waals surface area contributed by atoms with Gasteiger partial charge < -0.3 is 21.3 Å². The highest BCUT2D eigenvalue weighted by Crippen LogP contribution is 2.33. The molecule has 0 bridgehead atoms. The number of amides is 4. The van der Waals surface area contributed by atoms with Crippen molar-refractivity contribution in [3.8, 4) is 0 Å². The monoisotopic (exact) mass is 988 g/mol. The highest BCUT2D eigenvalue weighted by atomic mass is 35.5. The molecular weight excluding hydrogens is 961 g/mol. The summed E-state index contributed by atoms with van der Waals surface area (Å²) < 4.78 is 0. The first-order valence-electron chi connectivity index (χ1n) is 18.2. The average molecular weight is 992 g/mol. The molecular formula is C42H31Cl7N8O6. The molecule has 0 saturated heterocycles. The van der Waals surface area contributed by atoms with Gasteiger partial charge in [-0.1, -0.05) is 81.7 Å². The van der Waals surface area contributed by atoms with Gasteiger partial charge in [0.25, 0.3) is 23.6 Å². The predicted octanol–water partition coefficient (Wildman–Crippen LogP) is 12.3. The largest absolute Gasteiger partial charge is 0.324 e. The van der Waals surface area contributed by atoms with Crippen LogP contribution >= 0.6 is 81.2 Å². The van der Waals surface area contributed by atoms with Crippen molar-refractivity contribution in [3.05, 3.63) is 138 Å². The normalized spacial score (nSPS) is 12.1. The van der Waals surface area contributed by atoms with Gasteiger partial charge in [0.05, 0.1) is 42.8 Å². The molecule has 2 atom stereocenters. The van der Waals surface area contributed by atoms with Crippen LogP contribution in [0, 0.1) is 0 Å². The van der Waals surface area contributed by atoms with Gasteiger partial charge in [0.2, 0.25) is 12.1 Å². The van der Waals surface area contributed by atoms with Gasteiger partial charge in [-0.3, -0.25) is 28.8 Å². The van der Waals surface area contributed by atoms with Crippen LogP contribution in [0.4, 0.5) is 34.1 Å². The summed E-state index contributed by atoms with van der Waals surface area (Å²) in [5.41, 5.74) is 1.50. The fourth-order valence-electron chi connectivity index (χ4n) is 5.53. The molecule has 0 aliphatic carbocycles. The van der Waals surface area contributed by atoms with E-state index in [9.17, 15) is 28.8 Å². The summed E-state index contributed by atoms with van der Waals surface area (Å²) in [7, 11) is 0. The van der Waals surface area contributed by atoms with Gasteiger partial charge in [-0.15, -0.1) is 11.6 Å². The number of carbonyl (C=O) groups excluding carboxylic acids is 6. The number of azo groups is 2. The Morgan fingerprint density at radius 3 is 1.38 bits per heavy atom. The quantitative estimate of drug-likeness (QED) is 0.0430. The van der Waals surface area contributed by atoms with E-state index in [0.29, 0.717) is 5.56 Å². The number of ketones is 2. The zero-order chi connectivity index (χ0) is 46.0. The molecule has 0 aliphatic rings. The van der Waals surface area contributed by atoms with Gasteiger partial charge in [-0.2, -0.15) is 20.5 Å². The fraction of sp³-hybridized carbons (Fsp3) is 0.143. The van der Waals surface area contributed by atoms with E-state index in [1.165, 1.54) is 54.6 Å². The molecule has 0 fully saturated rings. The molecule has 63 heavy (non-hydrogen) atoms. The van der Waals surface area contributed by atoms with Crippen molar-refractivity contribution in [2.75, 3.05) is 27.1 Å². The van der Waals surface area contributed by atoms with Gasteiger partial charge in [-0.05, 0) is 105 Å². The molecule has 0 aliphatic heterocycles. The number of Topliss-reactive ketones (excluding diaryl/α,β-unsaturated/α-hetero) is 2. The van der Waals surface area contributed by atoms with Crippen LogP contribution in [0.2, 0.25) is 30.1 Å². The van der Waals surface area contributed by atoms with Crippen molar-refractivity contribution in [3.63, 3.8) is 0 Å². The molecule has 4 N–H and O–H groups in total. The topological polar surface area (TPSA) is 200 Å². The number of hydrogen-bond donors (Lipinski definition) is 4. The minimum atomic E-state index is -1.63. The lowest BCUT2D eigenvalue weighted by atomic mass is 10.1. The molecule has 0 aromatic heterocycles. The molecule has 14 nitrogen and oxygen atoms in total. The predicted molar refractivity (Wildman–Crippen MR) is 248 cm³/mol. The average Bonchev–Trinajstić information content (AvgIpc) is 3.21. The van der Waals surface area contributed by atoms with Gasteiger partial charge in [0.1, 0.15) is 0 Å². The van der Waals surface area contributed by atoms with Crippen LogP contribution in [0.5, 0.6) is 0 Å². The number of rotatable bonds is 16. The van der Waals surface area contributed by atoms with Gasteiger partial charge in [-0.25, -0.2) is 0 Å². The molecule has 4 amide bonds. The maximum atomic E-state index is 13.4. The molecule has 324 valence electrons. The van der Waals surface area contributed by atoms with Crippen molar-refractivity contribution >= 4 is 151 Å². The van der Waals surface area contributed by atoms with Gasteiger partial charge >= 0.3 is 0 Å². The summed E-state index contributed by atoms with van der Waals surface area (Å²) >= 11 is 43.3. The number of para-hydroxylation sites is 2. The highest BCUT2D eigenvalue weighted by Gasteiger charge is 2.26. The van der Waals surface area contributed by atoms with E-state index in [-0.39, 0.29) is 87.7 Å². The first-order valence-corrected chi connectivity index (χ1v) is 21.0. The van der Waals surface area contributed by atoms with Crippen molar-refractivity contribution < 1.29 is 28.8 Å². The molecule has 0 spiro atoms. The maximum absolute atomic E-state index is 13.4. The standard InChI is InChI=1S/C42H31Cl7N8O6/c1-20(58)35(56-54-28-16-23(13-25(44)18-28)39(60)52-37-30(46)5-3-6-31(37)47)41(62)50-27-9-10-34(22(15-27)11-12-43)51-42(63)36(21(2)59)57-55-29-17-24(14-26(45)19-29)40(61)53-38-32(48)7-4-8-33(38)49/h3-10,13-19,35-36H,11-12H2,1-2H3,(H,50,62)(H,51,63)(H,52,60)(H,53,61). The van der Waals surface area contributed by atoms with Crippen LogP contribution in [0.15, 0.2) is 111 Å². The lowest BCUT2D eigenvalue weighted by Gasteiger charge is -2.15. The summed E-state index contributed by atoms with van der Waals surface area (Å²) in [6.07, 6.45) is 0.198. The second-order valence-corrected chi connectivity index (χ2v) is 16.1. The lowest BCUT2D eigenvalue weighted by Crippen LogP contribution is -2.32. The first-order chi connectivity index (χ1) is 29.9. The Bertz CT molecular complexity index is 2660. The van der Waals surface area contributed by atoms with Crippen LogP contribution in [-0.4, -0.2) is 53.2 Å². The number of hydrogen-bond acceptors (Lipinski definition) is 10. The maximum Gasteiger partial charge on any atom is 0.258 e. The van der Waals surface area contributed by atoms with Gasteiger partial charge in [0.15, 0.2) is 11.6 Å². The summed E-state index contributed by atoms with van der Waals surface area (Å²) in [5.74, 6) is -4.14. The lowest BCUT2D eigenvalue weighted by molar-refractivity contribution is -0.127. The van der Waals surface area contributed by atoms with Crippen molar-refractivity contribution in [2.24, 2.45) is 20.5 Å². The van der Waals surface area contributed by atoms with Crippen molar-refractivity contribution in [2.45, 2.75) is 32.4 Å². The Kier molecular flexibility index (Phi) is 17.2. The number of anilines is 4. The number of aryl methyl sites for hydroxylation is 1. The number of nitrogens with one attached hydrogen (secondary N) is 4. The molecule has 5 aromatic carbocycles. The molecule has 5 aromatic rings. The van der Waals surface area contributed by atoms with E-state index in [1.54, 1.807) is 36.4 Å². The van der Waals surface area contributed by atoms with Crippen LogP contribution in [0.3, 0.4) is 0 Å². The van der Waals surface area contributed by atoms with Crippen LogP contribution in [0.1, 0.15) is 40.1 Å². The number of alkyl halides is 1. The van der Waals surface area contributed by atoms with Crippen LogP contribution in [-0.2, 0) is 25.6 Å². The smallest absolute Gasteiger partial charge is 0.258 e. The second kappa shape index (κ2) is 22.3. The highest BCUT2D eigenvalue weighted by molar-refractivity contribution is 6.41. The Balaban J connectivity index is 1.28. The van der Waals surface area contributed by atoms with Gasteiger partial charge in [0, 0.05) is 38.4 Å².